The van der Waals surface area contributed by atoms with Gasteiger partial charge in [-0.05, 0) is 39.3 Å². The number of imidazole rings is 1. The molecule has 3 rings (SSSR count). The maximum Gasteiger partial charge on any atom is 0.224 e. The fourth-order valence-electron chi connectivity index (χ4n) is 3.04. The first kappa shape index (κ1) is 13.6. The van der Waals surface area contributed by atoms with Crippen LogP contribution in [0.5, 0.6) is 0 Å². The molecule has 1 saturated heterocycles. The minimum Gasteiger partial charge on any atom is -0.354 e. The molecular formula is C15H24N4O. The van der Waals surface area contributed by atoms with Crippen LogP contribution in [0, 0.1) is 5.92 Å². The Kier molecular flexibility index (Phi) is 4.05. The van der Waals surface area contributed by atoms with E-state index in [9.17, 15) is 4.79 Å². The van der Waals surface area contributed by atoms with Crippen LogP contribution in [0.2, 0.25) is 0 Å². The van der Waals surface area contributed by atoms with Gasteiger partial charge in [0, 0.05) is 37.9 Å². The van der Waals surface area contributed by atoms with E-state index >= 15 is 0 Å². The van der Waals surface area contributed by atoms with Crippen LogP contribution < -0.4 is 5.32 Å². The summed E-state index contributed by atoms with van der Waals surface area (Å²) in [4.78, 5) is 18.8. The van der Waals surface area contributed by atoms with Gasteiger partial charge >= 0.3 is 0 Å². The Hall–Kier alpha value is -1.36. The number of hydrogen-bond acceptors (Lipinski definition) is 3. The lowest BCUT2D eigenvalue weighted by molar-refractivity contribution is -0.126. The van der Waals surface area contributed by atoms with E-state index in [-0.39, 0.29) is 11.8 Å². The van der Waals surface area contributed by atoms with Crippen molar-refractivity contribution in [1.82, 2.24) is 19.8 Å². The molecule has 1 aliphatic carbocycles. The molecule has 0 radical (unpaired) electrons. The van der Waals surface area contributed by atoms with Gasteiger partial charge in [-0.3, -0.25) is 4.79 Å². The Morgan fingerprint density at radius 3 is 3.05 bits per heavy atom. The normalized spacial score (nSPS) is 23.8. The fourth-order valence-corrected chi connectivity index (χ4v) is 3.04. The molecule has 1 aromatic heterocycles. The molecule has 2 heterocycles. The summed E-state index contributed by atoms with van der Waals surface area (Å²) in [7, 11) is 2.09. The largest absolute Gasteiger partial charge is 0.354 e. The highest BCUT2D eigenvalue weighted by atomic mass is 16.1. The van der Waals surface area contributed by atoms with Crippen molar-refractivity contribution in [3.63, 3.8) is 0 Å². The number of amides is 1. The predicted octanol–water partition coefficient (Wildman–Crippen LogP) is 1.22. The molecule has 1 amide bonds. The van der Waals surface area contributed by atoms with Crippen LogP contribution in [0.25, 0.3) is 0 Å². The second-order valence-corrected chi connectivity index (χ2v) is 6.15. The molecule has 1 N–H and O–H groups in total. The summed E-state index contributed by atoms with van der Waals surface area (Å²) in [6, 6.07) is 0. The number of nitrogens with zero attached hydrogens (tertiary/aromatic N) is 3. The van der Waals surface area contributed by atoms with Crippen LogP contribution in [-0.2, 0) is 11.3 Å². The van der Waals surface area contributed by atoms with Crippen molar-refractivity contribution in [2.24, 2.45) is 5.92 Å². The molecule has 5 nitrogen and oxygen atoms in total. The van der Waals surface area contributed by atoms with Gasteiger partial charge in [-0.2, -0.15) is 0 Å². The number of aromatic nitrogens is 2. The maximum atomic E-state index is 12.1. The molecule has 1 aromatic rings. The average molecular weight is 276 g/mol. The minimum atomic E-state index is 0.166. The summed E-state index contributed by atoms with van der Waals surface area (Å²) in [6.45, 7) is 3.54. The first-order valence-electron chi connectivity index (χ1n) is 7.71. The zero-order valence-electron chi connectivity index (χ0n) is 12.2. The van der Waals surface area contributed by atoms with Crippen LogP contribution in [0.15, 0.2) is 12.4 Å². The van der Waals surface area contributed by atoms with Crippen molar-refractivity contribution < 1.29 is 4.79 Å². The first-order valence-corrected chi connectivity index (χ1v) is 7.71. The number of likely N-dealkylation sites (tertiary alicyclic amines) is 1. The molecule has 1 unspecified atom stereocenters. The average Bonchev–Trinajstić information content (AvgIpc) is 3.18. The van der Waals surface area contributed by atoms with Gasteiger partial charge < -0.3 is 14.8 Å². The summed E-state index contributed by atoms with van der Waals surface area (Å²) in [5.74, 6) is 2.23. The Bertz CT molecular complexity index is 466. The number of carbonyl (C=O) groups is 1. The summed E-state index contributed by atoms with van der Waals surface area (Å²) in [6.07, 6.45) is 8.56. The van der Waals surface area contributed by atoms with Gasteiger partial charge in [-0.25, -0.2) is 4.98 Å². The number of nitrogens with one attached hydrogen (secondary N) is 1. The molecule has 20 heavy (non-hydrogen) atoms. The number of carbonyl (C=O) groups excluding carboxylic acids is 1. The van der Waals surface area contributed by atoms with Crippen LogP contribution in [0.1, 0.15) is 37.4 Å². The lowest BCUT2D eigenvalue weighted by atomic mass is 9.98. The van der Waals surface area contributed by atoms with Gasteiger partial charge in [0.2, 0.25) is 5.91 Å². The monoisotopic (exact) mass is 276 g/mol. The van der Waals surface area contributed by atoms with E-state index in [1.807, 2.05) is 12.4 Å². The van der Waals surface area contributed by atoms with Gasteiger partial charge in [0.25, 0.3) is 0 Å². The fraction of sp³-hybridized carbons (Fsp3) is 0.733. The molecule has 1 atom stereocenters. The summed E-state index contributed by atoms with van der Waals surface area (Å²) in [5.41, 5.74) is 0. The Morgan fingerprint density at radius 1 is 1.45 bits per heavy atom. The van der Waals surface area contributed by atoms with Crippen molar-refractivity contribution in [1.29, 1.82) is 0 Å². The third-order valence-electron chi connectivity index (χ3n) is 4.34. The van der Waals surface area contributed by atoms with E-state index in [0.29, 0.717) is 12.5 Å². The van der Waals surface area contributed by atoms with Crippen molar-refractivity contribution >= 4 is 5.91 Å². The highest BCUT2D eigenvalue weighted by Crippen LogP contribution is 2.38. The standard InChI is InChI=1S/C15H24N4O/c1-18-8-2-3-13(11-18)15(20)17-7-10-19-9-6-16-14(19)12-4-5-12/h6,9,12-13H,2-5,7-8,10-11H2,1H3,(H,17,20). The topological polar surface area (TPSA) is 50.2 Å². The third kappa shape index (κ3) is 3.20. The highest BCUT2D eigenvalue weighted by Gasteiger charge is 2.28. The lowest BCUT2D eigenvalue weighted by Crippen LogP contribution is -2.42. The van der Waals surface area contributed by atoms with E-state index in [2.05, 4.69) is 26.8 Å². The molecule has 2 aliphatic rings. The molecule has 110 valence electrons. The van der Waals surface area contributed by atoms with Crippen LogP contribution in [-0.4, -0.2) is 47.0 Å². The van der Waals surface area contributed by atoms with E-state index < -0.39 is 0 Å². The van der Waals surface area contributed by atoms with E-state index in [1.54, 1.807) is 0 Å². The first-order chi connectivity index (χ1) is 9.74. The second kappa shape index (κ2) is 5.95. The van der Waals surface area contributed by atoms with Crippen molar-refractivity contribution in [3.05, 3.63) is 18.2 Å². The van der Waals surface area contributed by atoms with Gasteiger partial charge in [0.15, 0.2) is 0 Å². The predicted molar refractivity (Wildman–Crippen MR) is 77.4 cm³/mol. The SMILES string of the molecule is CN1CCCC(C(=O)NCCn2ccnc2C2CC2)C1. The maximum absolute atomic E-state index is 12.1. The molecule has 0 spiro atoms. The summed E-state index contributed by atoms with van der Waals surface area (Å²) < 4.78 is 2.19. The molecule has 1 aliphatic heterocycles. The van der Waals surface area contributed by atoms with Gasteiger partial charge in [-0.15, -0.1) is 0 Å². The van der Waals surface area contributed by atoms with E-state index in [1.165, 1.54) is 18.7 Å². The summed E-state index contributed by atoms with van der Waals surface area (Å²) in [5, 5.41) is 3.08. The van der Waals surface area contributed by atoms with Crippen molar-refractivity contribution in [3.8, 4) is 0 Å². The second-order valence-electron chi connectivity index (χ2n) is 6.15. The van der Waals surface area contributed by atoms with Gasteiger partial charge in [-0.1, -0.05) is 0 Å². The Morgan fingerprint density at radius 2 is 2.30 bits per heavy atom. The van der Waals surface area contributed by atoms with E-state index in [0.717, 1.165) is 32.5 Å². The molecule has 2 fully saturated rings. The van der Waals surface area contributed by atoms with Crippen LogP contribution >= 0.6 is 0 Å². The van der Waals surface area contributed by atoms with E-state index in [4.69, 9.17) is 0 Å². The van der Waals surface area contributed by atoms with Crippen molar-refractivity contribution in [2.45, 2.75) is 38.1 Å². The van der Waals surface area contributed by atoms with Crippen LogP contribution in [0.4, 0.5) is 0 Å². The minimum absolute atomic E-state index is 0.166. The van der Waals surface area contributed by atoms with Gasteiger partial charge in [0.1, 0.15) is 5.82 Å². The van der Waals surface area contributed by atoms with Crippen molar-refractivity contribution in [2.75, 3.05) is 26.7 Å². The molecule has 0 aromatic carbocycles. The van der Waals surface area contributed by atoms with Crippen LogP contribution in [0.3, 0.4) is 0 Å². The zero-order chi connectivity index (χ0) is 13.9. The Labute approximate surface area is 120 Å². The molecule has 5 heteroatoms. The smallest absolute Gasteiger partial charge is 0.224 e. The summed E-state index contributed by atoms with van der Waals surface area (Å²) >= 11 is 0. The number of piperidine rings is 1. The molecular weight excluding hydrogens is 252 g/mol. The highest BCUT2D eigenvalue weighted by molar-refractivity contribution is 5.78. The Balaban J connectivity index is 1.44. The quantitative estimate of drug-likeness (QED) is 0.879. The number of rotatable bonds is 5. The third-order valence-corrected chi connectivity index (χ3v) is 4.34. The van der Waals surface area contributed by atoms with Gasteiger partial charge in [0.05, 0.1) is 5.92 Å². The zero-order valence-corrected chi connectivity index (χ0v) is 12.2. The number of hydrogen-bond donors (Lipinski definition) is 1. The molecule has 1 saturated carbocycles. The molecule has 0 bridgehead atoms. The lowest BCUT2D eigenvalue weighted by Gasteiger charge is -2.28.